The number of ether oxygens (including phenoxy) is 2. The third-order valence-corrected chi connectivity index (χ3v) is 4.49. The van der Waals surface area contributed by atoms with Gasteiger partial charge in [-0.05, 0) is 43.5 Å². The lowest BCUT2D eigenvalue weighted by atomic mass is 9.80. The number of allylic oxidation sites excluding steroid dienone is 1. The fourth-order valence-corrected chi connectivity index (χ4v) is 3.16. The van der Waals surface area contributed by atoms with E-state index in [1.54, 1.807) is 13.0 Å². The Balaban J connectivity index is 2.42. The van der Waals surface area contributed by atoms with E-state index in [-0.39, 0.29) is 24.2 Å². The monoisotopic (exact) mass is 387 g/mol. The van der Waals surface area contributed by atoms with E-state index < -0.39 is 23.9 Å². The number of likely N-dealkylation sites (N-methyl/N-ethyl adjacent to an activating group) is 1. The maximum Gasteiger partial charge on any atom is 0.416 e. The van der Waals surface area contributed by atoms with Crippen LogP contribution in [0.25, 0.3) is 0 Å². The fourth-order valence-electron chi connectivity index (χ4n) is 3.16. The van der Waals surface area contributed by atoms with Gasteiger partial charge in [0.05, 0.1) is 5.56 Å². The number of carbonyl (C=O) groups excluding carboxylic acids is 1. The lowest BCUT2D eigenvalue weighted by Gasteiger charge is -2.37. The molecule has 1 aromatic rings. The van der Waals surface area contributed by atoms with Crippen LogP contribution in [0.3, 0.4) is 0 Å². The molecular weight excluding hydrogens is 363 g/mol. The van der Waals surface area contributed by atoms with E-state index in [0.717, 1.165) is 12.1 Å². The molecule has 8 heteroatoms. The van der Waals surface area contributed by atoms with Crippen LogP contribution in [-0.2, 0) is 20.4 Å². The van der Waals surface area contributed by atoms with Crippen LogP contribution in [0.5, 0.6) is 0 Å². The lowest BCUT2D eigenvalue weighted by molar-refractivity contribution is -0.166. The molecule has 5 nitrogen and oxygen atoms in total. The van der Waals surface area contributed by atoms with Crippen molar-refractivity contribution in [2.45, 2.75) is 38.1 Å². The highest BCUT2D eigenvalue weighted by Gasteiger charge is 2.38. The molecule has 0 saturated heterocycles. The summed E-state index contributed by atoms with van der Waals surface area (Å²) in [7, 11) is 1.47. The predicted octanol–water partition coefficient (Wildman–Crippen LogP) is 3.20. The Morgan fingerprint density at radius 2 is 1.96 bits per heavy atom. The molecule has 1 amide bonds. The normalized spacial score (nSPS) is 22.7. The Bertz CT molecular complexity index is 658. The standard InChI is InChI=1S/C19H24F3NO4/c1-3-26-18-14(5-4-10-24)15(11-16(27-18)17(25)23-2)12-6-8-13(9-7-12)19(20,21)22/h6-9,11,14-15,18,24H,3-5,10H2,1-2H3,(H,23,25)/t14-,15+,18+/m1/s1. The topological polar surface area (TPSA) is 67.8 Å². The van der Waals surface area contributed by atoms with Crippen molar-refractivity contribution in [3.8, 4) is 0 Å². The van der Waals surface area contributed by atoms with Gasteiger partial charge in [0.15, 0.2) is 5.76 Å². The van der Waals surface area contributed by atoms with Crippen molar-refractivity contribution < 1.29 is 32.5 Å². The molecule has 2 rings (SSSR count). The number of hydrogen-bond acceptors (Lipinski definition) is 4. The maximum atomic E-state index is 12.8. The molecule has 0 fully saturated rings. The molecule has 3 atom stereocenters. The number of hydrogen-bond donors (Lipinski definition) is 2. The third-order valence-electron chi connectivity index (χ3n) is 4.49. The van der Waals surface area contributed by atoms with Crippen LogP contribution >= 0.6 is 0 Å². The second-order valence-electron chi connectivity index (χ2n) is 6.23. The minimum Gasteiger partial charge on any atom is -0.459 e. The Morgan fingerprint density at radius 1 is 1.30 bits per heavy atom. The first-order valence-corrected chi connectivity index (χ1v) is 8.82. The number of rotatable bonds is 7. The van der Waals surface area contributed by atoms with Crippen molar-refractivity contribution >= 4 is 5.91 Å². The van der Waals surface area contributed by atoms with Crippen molar-refractivity contribution in [2.24, 2.45) is 5.92 Å². The van der Waals surface area contributed by atoms with Gasteiger partial charge < -0.3 is 19.9 Å². The van der Waals surface area contributed by atoms with Crippen LogP contribution in [0, 0.1) is 5.92 Å². The summed E-state index contributed by atoms with van der Waals surface area (Å²) < 4.78 is 49.9. The summed E-state index contributed by atoms with van der Waals surface area (Å²) in [4.78, 5) is 12.1. The Hall–Kier alpha value is -2.06. The Labute approximate surface area is 156 Å². The number of alkyl halides is 3. The second-order valence-corrected chi connectivity index (χ2v) is 6.23. The number of aliphatic hydroxyl groups is 1. The van der Waals surface area contributed by atoms with E-state index in [0.29, 0.717) is 25.0 Å². The van der Waals surface area contributed by atoms with Crippen molar-refractivity contribution in [2.75, 3.05) is 20.3 Å². The van der Waals surface area contributed by atoms with Gasteiger partial charge >= 0.3 is 6.18 Å². The van der Waals surface area contributed by atoms with Gasteiger partial charge in [0.2, 0.25) is 6.29 Å². The smallest absolute Gasteiger partial charge is 0.416 e. The van der Waals surface area contributed by atoms with E-state index in [9.17, 15) is 23.1 Å². The Morgan fingerprint density at radius 3 is 2.48 bits per heavy atom. The van der Waals surface area contributed by atoms with Gasteiger partial charge in [0.25, 0.3) is 5.91 Å². The summed E-state index contributed by atoms with van der Waals surface area (Å²) in [5, 5.41) is 11.7. The molecule has 1 aliphatic rings. The van der Waals surface area contributed by atoms with Gasteiger partial charge in [-0.1, -0.05) is 12.1 Å². The highest BCUT2D eigenvalue weighted by atomic mass is 19.4. The summed E-state index contributed by atoms with van der Waals surface area (Å²) in [5.41, 5.74) is -0.109. The zero-order valence-electron chi connectivity index (χ0n) is 15.3. The molecule has 0 aromatic heterocycles. The maximum absolute atomic E-state index is 12.8. The van der Waals surface area contributed by atoms with Crippen LogP contribution in [0.15, 0.2) is 36.1 Å². The average molecular weight is 387 g/mol. The fraction of sp³-hybridized carbons (Fsp3) is 0.526. The molecule has 0 bridgehead atoms. The lowest BCUT2D eigenvalue weighted by Crippen LogP contribution is -2.38. The van der Waals surface area contributed by atoms with Crippen molar-refractivity contribution in [1.29, 1.82) is 0 Å². The first kappa shape index (κ1) is 21.2. The number of amides is 1. The zero-order chi connectivity index (χ0) is 20.0. The summed E-state index contributed by atoms with van der Waals surface area (Å²) in [6.45, 7) is 2.11. The molecule has 0 unspecified atom stereocenters. The third kappa shape index (κ3) is 5.23. The molecule has 1 heterocycles. The van der Waals surface area contributed by atoms with Crippen LogP contribution in [0.2, 0.25) is 0 Å². The highest BCUT2D eigenvalue weighted by molar-refractivity contribution is 5.91. The van der Waals surface area contributed by atoms with Gasteiger partial charge in [0, 0.05) is 32.1 Å². The SMILES string of the molecule is CCO[C@H]1OC(C(=O)NC)=C[C@@H](c2ccc(C(F)(F)F)cc2)[C@H]1CCCO. The molecular formula is C19H24F3NO4. The van der Waals surface area contributed by atoms with E-state index in [1.165, 1.54) is 19.2 Å². The molecule has 0 radical (unpaired) electrons. The number of carbonyl (C=O) groups is 1. The molecule has 27 heavy (non-hydrogen) atoms. The zero-order valence-corrected chi connectivity index (χ0v) is 15.3. The van der Waals surface area contributed by atoms with Crippen molar-refractivity contribution in [3.63, 3.8) is 0 Å². The van der Waals surface area contributed by atoms with Gasteiger partial charge in [0.1, 0.15) is 0 Å². The summed E-state index contributed by atoms with van der Waals surface area (Å²) >= 11 is 0. The van der Waals surface area contributed by atoms with Crippen molar-refractivity contribution in [3.05, 3.63) is 47.2 Å². The molecule has 0 spiro atoms. The molecule has 2 N–H and O–H groups in total. The summed E-state index contributed by atoms with van der Waals surface area (Å²) in [5.74, 6) is -0.989. The number of aliphatic hydroxyl groups excluding tert-OH is 1. The summed E-state index contributed by atoms with van der Waals surface area (Å²) in [6, 6.07) is 4.87. The van der Waals surface area contributed by atoms with E-state index in [4.69, 9.17) is 9.47 Å². The minimum atomic E-state index is -4.42. The van der Waals surface area contributed by atoms with Crippen molar-refractivity contribution in [1.82, 2.24) is 5.32 Å². The van der Waals surface area contributed by atoms with Crippen LogP contribution in [-0.4, -0.2) is 37.6 Å². The van der Waals surface area contributed by atoms with E-state index in [1.807, 2.05) is 0 Å². The number of nitrogens with one attached hydrogen (secondary N) is 1. The predicted molar refractivity (Wildman–Crippen MR) is 92.6 cm³/mol. The highest BCUT2D eigenvalue weighted by Crippen LogP contribution is 2.40. The largest absolute Gasteiger partial charge is 0.459 e. The first-order chi connectivity index (χ1) is 12.8. The molecule has 0 saturated carbocycles. The van der Waals surface area contributed by atoms with Gasteiger partial charge in [-0.3, -0.25) is 4.79 Å². The molecule has 1 aliphatic heterocycles. The van der Waals surface area contributed by atoms with Gasteiger partial charge in [-0.25, -0.2) is 0 Å². The minimum absolute atomic E-state index is 0.0267. The van der Waals surface area contributed by atoms with Crippen LogP contribution in [0.1, 0.15) is 36.8 Å². The summed E-state index contributed by atoms with van der Waals surface area (Å²) in [6.07, 6.45) is -2.52. The van der Waals surface area contributed by atoms with E-state index in [2.05, 4.69) is 5.32 Å². The van der Waals surface area contributed by atoms with Gasteiger partial charge in [-0.2, -0.15) is 13.2 Å². The first-order valence-electron chi connectivity index (χ1n) is 8.82. The van der Waals surface area contributed by atoms with Crippen LogP contribution < -0.4 is 5.32 Å². The second kappa shape index (κ2) is 9.23. The average Bonchev–Trinajstić information content (AvgIpc) is 2.65. The molecule has 150 valence electrons. The van der Waals surface area contributed by atoms with E-state index >= 15 is 0 Å². The number of halogens is 3. The number of benzene rings is 1. The van der Waals surface area contributed by atoms with Crippen LogP contribution in [0.4, 0.5) is 13.2 Å². The van der Waals surface area contributed by atoms with Gasteiger partial charge in [-0.15, -0.1) is 0 Å². The molecule has 0 aliphatic carbocycles. The quantitative estimate of drug-likeness (QED) is 0.754. The Kier molecular flexibility index (Phi) is 7.26. The molecule has 1 aromatic carbocycles.